The zero-order chi connectivity index (χ0) is 16.4. The number of nitrogens with one attached hydrogen (secondary N) is 1. The van der Waals surface area contributed by atoms with Crippen molar-refractivity contribution in [3.63, 3.8) is 0 Å². The first kappa shape index (κ1) is 15.3. The van der Waals surface area contributed by atoms with Crippen LogP contribution >= 0.6 is 11.6 Å². The number of nitro benzene ring substituents is 1. The van der Waals surface area contributed by atoms with Crippen LogP contribution in [0.5, 0.6) is 0 Å². The second-order valence-corrected chi connectivity index (χ2v) is 5.65. The lowest BCUT2D eigenvalue weighted by Gasteiger charge is -2.17. The van der Waals surface area contributed by atoms with Crippen molar-refractivity contribution in [3.05, 3.63) is 57.6 Å². The van der Waals surface area contributed by atoms with Gasteiger partial charge in [0.25, 0.3) is 5.69 Å². The first-order chi connectivity index (χ1) is 11.0. The molecule has 2 aromatic carbocycles. The summed E-state index contributed by atoms with van der Waals surface area (Å²) in [6.45, 7) is 0.723. The number of anilines is 3. The first-order valence-electron chi connectivity index (χ1n) is 7.16. The quantitative estimate of drug-likeness (QED) is 0.675. The molecule has 1 N–H and O–H groups in total. The highest BCUT2D eigenvalue weighted by Crippen LogP contribution is 2.31. The van der Waals surface area contributed by atoms with E-state index in [-0.39, 0.29) is 16.6 Å². The molecule has 0 bridgehead atoms. The van der Waals surface area contributed by atoms with E-state index in [1.165, 1.54) is 12.1 Å². The van der Waals surface area contributed by atoms with Crippen LogP contribution in [0.4, 0.5) is 22.7 Å². The van der Waals surface area contributed by atoms with Crippen molar-refractivity contribution in [1.82, 2.24) is 0 Å². The van der Waals surface area contributed by atoms with Gasteiger partial charge in [-0.05, 0) is 30.7 Å². The van der Waals surface area contributed by atoms with Crippen molar-refractivity contribution in [2.45, 2.75) is 12.8 Å². The minimum atomic E-state index is -0.491. The minimum absolute atomic E-state index is 0.0584. The van der Waals surface area contributed by atoms with Crippen LogP contribution in [-0.4, -0.2) is 17.4 Å². The number of carbonyl (C=O) groups excluding carboxylic acids is 1. The summed E-state index contributed by atoms with van der Waals surface area (Å²) in [4.78, 5) is 23.8. The summed E-state index contributed by atoms with van der Waals surface area (Å²) in [7, 11) is 0. The monoisotopic (exact) mass is 331 g/mol. The Morgan fingerprint density at radius 3 is 2.70 bits per heavy atom. The van der Waals surface area contributed by atoms with E-state index in [1.807, 2.05) is 24.3 Å². The molecule has 0 aromatic heterocycles. The van der Waals surface area contributed by atoms with Crippen LogP contribution in [0.1, 0.15) is 12.8 Å². The zero-order valence-electron chi connectivity index (χ0n) is 12.2. The molecule has 1 heterocycles. The van der Waals surface area contributed by atoms with Gasteiger partial charge in [0, 0.05) is 36.5 Å². The van der Waals surface area contributed by atoms with E-state index in [9.17, 15) is 14.9 Å². The molecule has 3 rings (SSSR count). The maximum Gasteiger partial charge on any atom is 0.271 e. The molecule has 1 amide bonds. The topological polar surface area (TPSA) is 75.5 Å². The number of nitro groups is 1. The molecule has 0 radical (unpaired) electrons. The van der Waals surface area contributed by atoms with Gasteiger partial charge in [0.15, 0.2) is 0 Å². The van der Waals surface area contributed by atoms with Gasteiger partial charge in [0.05, 0.1) is 15.6 Å². The van der Waals surface area contributed by atoms with Crippen molar-refractivity contribution in [1.29, 1.82) is 0 Å². The van der Waals surface area contributed by atoms with Crippen molar-refractivity contribution >= 4 is 40.3 Å². The molecule has 0 saturated carbocycles. The van der Waals surface area contributed by atoms with Crippen molar-refractivity contribution in [2.24, 2.45) is 0 Å². The summed E-state index contributed by atoms with van der Waals surface area (Å²) in [5.41, 5.74) is 2.10. The van der Waals surface area contributed by atoms with Gasteiger partial charge in [-0.15, -0.1) is 0 Å². The molecule has 1 aliphatic rings. The third-order valence-corrected chi connectivity index (χ3v) is 3.99. The van der Waals surface area contributed by atoms with Crippen molar-refractivity contribution < 1.29 is 9.72 Å². The third-order valence-electron chi connectivity index (χ3n) is 3.67. The fourth-order valence-electron chi connectivity index (χ4n) is 2.55. The molecule has 7 heteroatoms. The van der Waals surface area contributed by atoms with E-state index >= 15 is 0 Å². The first-order valence-corrected chi connectivity index (χ1v) is 7.54. The SMILES string of the molecule is O=C1CCCN1c1cccc(Nc2ccc([N+](=O)[O-])cc2Cl)c1. The summed E-state index contributed by atoms with van der Waals surface area (Å²) in [5.74, 6) is 0.121. The average Bonchev–Trinajstić information content (AvgIpc) is 2.95. The molecule has 1 saturated heterocycles. The summed E-state index contributed by atoms with van der Waals surface area (Å²) < 4.78 is 0. The van der Waals surface area contributed by atoms with Crippen LogP contribution in [0.25, 0.3) is 0 Å². The van der Waals surface area contributed by atoms with E-state index < -0.39 is 4.92 Å². The second-order valence-electron chi connectivity index (χ2n) is 5.25. The lowest BCUT2D eigenvalue weighted by molar-refractivity contribution is -0.384. The number of non-ortho nitro benzene ring substituents is 1. The van der Waals surface area contributed by atoms with Gasteiger partial charge in [0.1, 0.15) is 0 Å². The average molecular weight is 332 g/mol. The Kier molecular flexibility index (Phi) is 4.16. The molecule has 0 spiro atoms. The van der Waals surface area contributed by atoms with Crippen molar-refractivity contribution in [3.8, 4) is 0 Å². The highest BCUT2D eigenvalue weighted by atomic mass is 35.5. The Balaban J connectivity index is 1.83. The summed E-state index contributed by atoms with van der Waals surface area (Å²) in [5, 5.41) is 14.1. The van der Waals surface area contributed by atoms with E-state index in [0.717, 1.165) is 24.3 Å². The molecule has 23 heavy (non-hydrogen) atoms. The number of halogens is 1. The van der Waals surface area contributed by atoms with Crippen LogP contribution in [0.15, 0.2) is 42.5 Å². The molecule has 0 unspecified atom stereocenters. The maximum atomic E-state index is 11.8. The molecular formula is C16H14ClN3O3. The highest BCUT2D eigenvalue weighted by Gasteiger charge is 2.21. The van der Waals surface area contributed by atoms with E-state index in [0.29, 0.717) is 12.1 Å². The Morgan fingerprint density at radius 1 is 1.22 bits per heavy atom. The van der Waals surface area contributed by atoms with Gasteiger partial charge in [-0.2, -0.15) is 0 Å². The number of hydrogen-bond donors (Lipinski definition) is 1. The van der Waals surface area contributed by atoms with Crippen LogP contribution in [0.3, 0.4) is 0 Å². The standard InChI is InChI=1S/C16H14ClN3O3/c17-14-10-13(20(22)23)6-7-15(14)18-11-3-1-4-12(9-11)19-8-2-5-16(19)21/h1,3-4,6-7,9-10,18H,2,5,8H2. The predicted molar refractivity (Wildman–Crippen MR) is 89.4 cm³/mol. The number of amides is 1. The molecule has 118 valence electrons. The van der Waals surface area contributed by atoms with Gasteiger partial charge in [-0.25, -0.2) is 0 Å². The molecule has 1 aliphatic heterocycles. The second kappa shape index (κ2) is 6.26. The Bertz CT molecular complexity index is 779. The summed E-state index contributed by atoms with van der Waals surface area (Å²) in [6.07, 6.45) is 1.44. The molecule has 6 nitrogen and oxygen atoms in total. The molecule has 0 aliphatic carbocycles. The normalized spacial score (nSPS) is 14.1. The lowest BCUT2D eigenvalue weighted by atomic mass is 10.2. The van der Waals surface area contributed by atoms with E-state index in [1.54, 1.807) is 11.0 Å². The van der Waals surface area contributed by atoms with Gasteiger partial charge in [-0.1, -0.05) is 17.7 Å². The van der Waals surface area contributed by atoms with E-state index in [2.05, 4.69) is 5.32 Å². The largest absolute Gasteiger partial charge is 0.354 e. The molecule has 1 fully saturated rings. The minimum Gasteiger partial charge on any atom is -0.354 e. The van der Waals surface area contributed by atoms with Crippen LogP contribution in [0.2, 0.25) is 5.02 Å². The zero-order valence-corrected chi connectivity index (χ0v) is 12.9. The molecule has 2 aromatic rings. The number of carbonyl (C=O) groups is 1. The molecular weight excluding hydrogens is 318 g/mol. The summed E-state index contributed by atoms with van der Waals surface area (Å²) in [6, 6.07) is 11.7. The number of rotatable bonds is 4. The molecule has 0 atom stereocenters. The maximum absolute atomic E-state index is 11.8. The van der Waals surface area contributed by atoms with Crippen LogP contribution in [-0.2, 0) is 4.79 Å². The van der Waals surface area contributed by atoms with Crippen molar-refractivity contribution in [2.75, 3.05) is 16.8 Å². The van der Waals surface area contributed by atoms with Gasteiger partial charge >= 0.3 is 0 Å². The fourth-order valence-corrected chi connectivity index (χ4v) is 2.77. The lowest BCUT2D eigenvalue weighted by Crippen LogP contribution is -2.23. The number of benzene rings is 2. The van der Waals surface area contributed by atoms with E-state index in [4.69, 9.17) is 11.6 Å². The smallest absolute Gasteiger partial charge is 0.271 e. The fraction of sp³-hybridized carbons (Fsp3) is 0.188. The Morgan fingerprint density at radius 2 is 2.04 bits per heavy atom. The Labute approximate surface area is 137 Å². The predicted octanol–water partition coefficient (Wildman–Crippen LogP) is 4.12. The number of hydrogen-bond acceptors (Lipinski definition) is 4. The summed E-state index contributed by atoms with van der Waals surface area (Å²) >= 11 is 6.08. The van der Waals surface area contributed by atoms with Gasteiger partial charge < -0.3 is 10.2 Å². The van der Waals surface area contributed by atoms with Crippen LogP contribution < -0.4 is 10.2 Å². The number of nitrogens with zero attached hydrogens (tertiary/aromatic N) is 2. The highest BCUT2D eigenvalue weighted by molar-refractivity contribution is 6.33. The van der Waals surface area contributed by atoms with Gasteiger partial charge in [-0.3, -0.25) is 14.9 Å². The van der Waals surface area contributed by atoms with Gasteiger partial charge in [0.2, 0.25) is 5.91 Å². The Hall–Kier alpha value is -2.60. The third kappa shape index (κ3) is 3.27. The van der Waals surface area contributed by atoms with Crippen LogP contribution in [0, 0.1) is 10.1 Å².